The van der Waals surface area contributed by atoms with Crippen molar-refractivity contribution in [1.29, 1.82) is 0 Å². The second-order valence-corrected chi connectivity index (χ2v) is 6.38. The minimum absolute atomic E-state index is 0.0269. The van der Waals surface area contributed by atoms with Gasteiger partial charge in [0, 0.05) is 18.3 Å². The summed E-state index contributed by atoms with van der Waals surface area (Å²) in [5.74, 6) is 0. The molecule has 92 valence electrons. The maximum absolute atomic E-state index is 11.6. The number of benzene rings is 1. The second-order valence-electron chi connectivity index (χ2n) is 4.44. The fourth-order valence-electron chi connectivity index (χ4n) is 0.949. The van der Waals surface area contributed by atoms with Crippen LogP contribution in [0.3, 0.4) is 0 Å². The Labute approximate surface area is 102 Å². The molecule has 0 saturated carbocycles. The van der Waals surface area contributed by atoms with E-state index in [1.54, 1.807) is 12.1 Å². The molecule has 17 heavy (non-hydrogen) atoms. The van der Waals surface area contributed by atoms with Crippen LogP contribution in [-0.2, 0) is 11.0 Å². The summed E-state index contributed by atoms with van der Waals surface area (Å²) in [6, 6.07) is 5.92. The standard InChI is InChI=1S/C11H14N2O3S/c1-11(2,3)17(16)12-8-9-4-6-10(7-5-9)13(14)15/h4-8H,1-3H3/t17-/m0/s1. The lowest BCUT2D eigenvalue weighted by atomic mass is 10.2. The van der Waals surface area contributed by atoms with Gasteiger partial charge < -0.3 is 0 Å². The zero-order valence-electron chi connectivity index (χ0n) is 9.91. The van der Waals surface area contributed by atoms with Gasteiger partial charge in [0.15, 0.2) is 0 Å². The van der Waals surface area contributed by atoms with Crippen molar-refractivity contribution >= 4 is 22.9 Å². The number of nitro benzene ring substituents is 1. The quantitative estimate of drug-likeness (QED) is 0.472. The van der Waals surface area contributed by atoms with Crippen molar-refractivity contribution in [3.05, 3.63) is 39.9 Å². The van der Waals surface area contributed by atoms with Crippen molar-refractivity contribution in [3.63, 3.8) is 0 Å². The zero-order chi connectivity index (χ0) is 13.1. The fourth-order valence-corrected chi connectivity index (χ4v) is 1.48. The highest BCUT2D eigenvalue weighted by molar-refractivity contribution is 7.85. The van der Waals surface area contributed by atoms with Crippen LogP contribution in [0.4, 0.5) is 5.69 Å². The highest BCUT2D eigenvalue weighted by Gasteiger charge is 2.18. The average Bonchev–Trinajstić information content (AvgIpc) is 2.25. The van der Waals surface area contributed by atoms with Gasteiger partial charge >= 0.3 is 0 Å². The van der Waals surface area contributed by atoms with E-state index in [2.05, 4.69) is 4.40 Å². The minimum atomic E-state index is -1.32. The van der Waals surface area contributed by atoms with Crippen molar-refractivity contribution in [2.24, 2.45) is 4.40 Å². The maximum Gasteiger partial charge on any atom is 0.269 e. The summed E-state index contributed by atoms with van der Waals surface area (Å²) >= 11 is 0. The highest BCUT2D eigenvalue weighted by Crippen LogP contribution is 2.13. The van der Waals surface area contributed by atoms with Gasteiger partial charge in [0.05, 0.1) is 9.67 Å². The molecule has 1 aromatic carbocycles. The van der Waals surface area contributed by atoms with Crippen molar-refractivity contribution in [1.82, 2.24) is 0 Å². The lowest BCUT2D eigenvalue weighted by Gasteiger charge is -2.12. The van der Waals surface area contributed by atoms with E-state index in [1.165, 1.54) is 18.3 Å². The number of nitro groups is 1. The molecule has 1 aromatic rings. The third kappa shape index (κ3) is 4.07. The molecule has 5 nitrogen and oxygen atoms in total. The van der Waals surface area contributed by atoms with Crippen LogP contribution in [0.1, 0.15) is 26.3 Å². The van der Waals surface area contributed by atoms with Crippen molar-refractivity contribution in [2.75, 3.05) is 0 Å². The predicted molar refractivity (Wildman–Crippen MR) is 68.6 cm³/mol. The molecule has 0 spiro atoms. The summed E-state index contributed by atoms with van der Waals surface area (Å²) in [5, 5.41) is 10.4. The molecule has 0 N–H and O–H groups in total. The van der Waals surface area contributed by atoms with Crippen LogP contribution < -0.4 is 0 Å². The third-order valence-electron chi connectivity index (χ3n) is 1.93. The monoisotopic (exact) mass is 254 g/mol. The van der Waals surface area contributed by atoms with Gasteiger partial charge in [-0.25, -0.2) is 4.21 Å². The normalized spacial score (nSPS) is 13.8. The Balaban J connectivity index is 2.80. The SMILES string of the molecule is CC(C)(C)[S@](=O)N=Cc1ccc([N+](=O)[O-])cc1. The minimum Gasteiger partial charge on any atom is -0.258 e. The third-order valence-corrected chi connectivity index (χ3v) is 3.27. The summed E-state index contributed by atoms with van der Waals surface area (Å²) in [7, 11) is -1.32. The van der Waals surface area contributed by atoms with Crippen LogP contribution in [0.5, 0.6) is 0 Å². The summed E-state index contributed by atoms with van der Waals surface area (Å²) in [6.45, 7) is 5.49. The highest BCUT2D eigenvalue weighted by atomic mass is 32.2. The van der Waals surface area contributed by atoms with Crippen molar-refractivity contribution < 1.29 is 9.13 Å². The van der Waals surface area contributed by atoms with Crippen LogP contribution >= 0.6 is 0 Å². The molecule has 0 aliphatic rings. The summed E-state index contributed by atoms with van der Waals surface area (Å²) in [5.41, 5.74) is 0.715. The molecule has 6 heteroatoms. The largest absolute Gasteiger partial charge is 0.269 e. The van der Waals surface area contributed by atoms with E-state index in [4.69, 9.17) is 0 Å². The Morgan fingerprint density at radius 3 is 2.24 bits per heavy atom. The molecule has 1 atom stereocenters. The molecule has 0 aromatic heterocycles. The van der Waals surface area contributed by atoms with Crippen LogP contribution in [-0.4, -0.2) is 20.1 Å². The van der Waals surface area contributed by atoms with E-state index >= 15 is 0 Å². The van der Waals surface area contributed by atoms with E-state index < -0.39 is 20.7 Å². The van der Waals surface area contributed by atoms with Crippen LogP contribution in [0.15, 0.2) is 28.7 Å². The molecule has 0 saturated heterocycles. The van der Waals surface area contributed by atoms with Gasteiger partial charge in [0.2, 0.25) is 0 Å². The van der Waals surface area contributed by atoms with E-state index in [0.29, 0.717) is 5.56 Å². The molecule has 0 amide bonds. The molecule has 0 fully saturated rings. The first kappa shape index (κ1) is 13.5. The Bertz CT molecular complexity index is 461. The first-order valence-electron chi connectivity index (χ1n) is 5.01. The Hall–Kier alpha value is -1.56. The summed E-state index contributed by atoms with van der Waals surface area (Å²) in [4.78, 5) is 9.97. The van der Waals surface area contributed by atoms with Crippen LogP contribution in [0.2, 0.25) is 0 Å². The number of rotatable bonds is 3. The molecule has 0 aliphatic carbocycles. The average molecular weight is 254 g/mol. The number of hydrogen-bond acceptors (Lipinski definition) is 3. The van der Waals surface area contributed by atoms with Crippen LogP contribution in [0.25, 0.3) is 0 Å². The van der Waals surface area contributed by atoms with Gasteiger partial charge in [0.1, 0.15) is 11.0 Å². The maximum atomic E-state index is 11.6. The Morgan fingerprint density at radius 2 is 1.82 bits per heavy atom. The van der Waals surface area contributed by atoms with Crippen molar-refractivity contribution in [3.8, 4) is 0 Å². The first-order chi connectivity index (χ1) is 7.80. The van der Waals surface area contributed by atoms with Gasteiger partial charge in [-0.15, -0.1) is 0 Å². The molecule has 0 unspecified atom stereocenters. The molecule has 0 heterocycles. The number of hydrogen-bond donors (Lipinski definition) is 0. The van der Waals surface area contributed by atoms with E-state index in [1.807, 2.05) is 20.8 Å². The molecule has 1 rings (SSSR count). The summed E-state index contributed by atoms with van der Waals surface area (Å²) < 4.78 is 15.1. The summed E-state index contributed by atoms with van der Waals surface area (Å²) in [6.07, 6.45) is 1.46. The van der Waals surface area contributed by atoms with Crippen molar-refractivity contribution in [2.45, 2.75) is 25.5 Å². The van der Waals surface area contributed by atoms with E-state index in [9.17, 15) is 14.3 Å². The van der Waals surface area contributed by atoms with Gasteiger partial charge in [-0.2, -0.15) is 4.40 Å². The number of non-ortho nitro benzene ring substituents is 1. The van der Waals surface area contributed by atoms with Gasteiger partial charge in [-0.3, -0.25) is 10.1 Å². The smallest absolute Gasteiger partial charge is 0.258 e. The lowest BCUT2D eigenvalue weighted by Crippen LogP contribution is -2.19. The molecular weight excluding hydrogens is 240 g/mol. The van der Waals surface area contributed by atoms with Crippen LogP contribution in [0, 0.1) is 10.1 Å². The molecule has 0 bridgehead atoms. The van der Waals surface area contributed by atoms with Gasteiger partial charge in [-0.1, -0.05) is 0 Å². The lowest BCUT2D eigenvalue weighted by molar-refractivity contribution is -0.384. The zero-order valence-corrected chi connectivity index (χ0v) is 10.7. The molecular formula is C11H14N2O3S. The number of nitrogens with zero attached hydrogens (tertiary/aromatic N) is 2. The van der Waals surface area contributed by atoms with Gasteiger partial charge in [-0.05, 0) is 38.5 Å². The van der Waals surface area contributed by atoms with E-state index in [0.717, 1.165) is 0 Å². The second kappa shape index (κ2) is 5.18. The molecule has 0 radical (unpaired) electrons. The fraction of sp³-hybridized carbons (Fsp3) is 0.364. The van der Waals surface area contributed by atoms with Gasteiger partial charge in [0.25, 0.3) is 5.69 Å². The first-order valence-corrected chi connectivity index (χ1v) is 6.12. The topological polar surface area (TPSA) is 72.6 Å². The molecule has 0 aliphatic heterocycles. The van der Waals surface area contributed by atoms with E-state index in [-0.39, 0.29) is 5.69 Å². The Kier molecular flexibility index (Phi) is 4.11. The predicted octanol–water partition coefficient (Wildman–Crippen LogP) is 2.48. The Morgan fingerprint density at radius 1 is 1.29 bits per heavy atom.